The molecule has 0 atom stereocenters. The number of carboxylic acids is 1. The van der Waals surface area contributed by atoms with E-state index in [1.54, 1.807) is 24.4 Å². The Hall–Kier alpha value is -5.97. The fourth-order valence-electron chi connectivity index (χ4n) is 9.06. The molecule has 0 unspecified atom stereocenters. The van der Waals surface area contributed by atoms with Gasteiger partial charge in [0.05, 0.1) is 27.5 Å². The monoisotopic (exact) mass is 909 g/mol. The standard InChI is InChI=1S/C47H52ClN7O8S/c1-47(2)17-15-34(40(26-47)31-7-9-35(48)10-8-31)29-53-19-21-54(22-20-53)36-11-13-39(43(24-36)63-37-23-33-16-18-49-44(33)51-28-37)45(56)52-64(61,62)38-12-14-41(42(25-38)55(59)60)50-27-30-3-5-32(6-4-30)46(57)58/h7-14,16,18,23-25,28,30,32,50H,3-6,15,17,19-22,26-27,29H2,1-2H3,(H,49,51)(H,52,56)(H,57,58). The second-order valence-electron chi connectivity index (χ2n) is 17.9. The summed E-state index contributed by atoms with van der Waals surface area (Å²) in [7, 11) is -4.61. The predicted molar refractivity (Wildman–Crippen MR) is 247 cm³/mol. The van der Waals surface area contributed by atoms with Gasteiger partial charge in [-0.1, -0.05) is 43.2 Å². The number of ether oxygens (including phenoxy) is 1. The summed E-state index contributed by atoms with van der Waals surface area (Å²) in [5.74, 6) is -1.64. The number of hydrogen-bond acceptors (Lipinski definition) is 11. The number of piperazine rings is 1. The number of benzene rings is 3. The lowest BCUT2D eigenvalue weighted by Crippen LogP contribution is -2.47. The number of amides is 1. The molecule has 1 saturated heterocycles. The number of hydrogen-bond donors (Lipinski definition) is 4. The van der Waals surface area contributed by atoms with Crippen molar-refractivity contribution in [2.75, 3.05) is 49.5 Å². The number of nitrogens with one attached hydrogen (secondary N) is 3. The van der Waals surface area contributed by atoms with Gasteiger partial charge in [-0.25, -0.2) is 18.1 Å². The number of fused-ring (bicyclic) bond motifs is 1. The minimum Gasteiger partial charge on any atom is -0.481 e. The van der Waals surface area contributed by atoms with Crippen molar-refractivity contribution in [3.05, 3.63) is 117 Å². The number of rotatable bonds is 14. The van der Waals surface area contributed by atoms with Crippen molar-refractivity contribution < 1.29 is 32.8 Å². The molecular weight excluding hydrogens is 858 g/mol. The van der Waals surface area contributed by atoms with Crippen molar-refractivity contribution in [1.82, 2.24) is 19.6 Å². The first kappa shape index (κ1) is 44.6. The van der Waals surface area contributed by atoms with Crippen LogP contribution in [0.3, 0.4) is 0 Å². The molecule has 2 aliphatic carbocycles. The number of aromatic nitrogens is 2. The summed E-state index contributed by atoms with van der Waals surface area (Å²) >= 11 is 6.24. The number of aliphatic carboxylic acids is 1. The van der Waals surface area contributed by atoms with E-state index in [1.165, 1.54) is 41.1 Å². The van der Waals surface area contributed by atoms with Gasteiger partial charge in [0, 0.05) is 73.7 Å². The zero-order valence-electron chi connectivity index (χ0n) is 35.8. The Kier molecular flexibility index (Phi) is 13.0. The third kappa shape index (κ3) is 10.4. The number of carboxylic acid groups (broad SMARTS) is 1. The van der Waals surface area contributed by atoms with Crippen LogP contribution >= 0.6 is 11.6 Å². The van der Waals surface area contributed by atoms with Crippen LogP contribution in [0.5, 0.6) is 11.5 Å². The van der Waals surface area contributed by atoms with E-state index in [1.807, 2.05) is 18.2 Å². The van der Waals surface area contributed by atoms with Crippen LogP contribution in [0.4, 0.5) is 17.1 Å². The van der Waals surface area contributed by atoms with E-state index >= 15 is 0 Å². The highest BCUT2D eigenvalue weighted by Crippen LogP contribution is 2.43. The van der Waals surface area contributed by atoms with Crippen LogP contribution in [0.2, 0.25) is 5.02 Å². The average Bonchev–Trinajstić information content (AvgIpc) is 3.75. The maximum Gasteiger partial charge on any atom is 0.306 e. The molecule has 3 aromatic carbocycles. The SMILES string of the molecule is CC1(C)CCC(CN2CCN(c3ccc(C(=O)NS(=O)(=O)c4ccc(NCC5CCC(C(=O)O)CC5)c([N+](=O)[O-])c4)c(Oc4cnc5[nH]ccc5c4)c3)CC2)=C(c2ccc(Cl)cc2)C1. The van der Waals surface area contributed by atoms with Crippen LogP contribution in [-0.4, -0.2) is 84.5 Å². The van der Waals surface area contributed by atoms with E-state index in [9.17, 15) is 33.2 Å². The molecule has 15 nitrogen and oxygen atoms in total. The first-order valence-corrected chi connectivity index (χ1v) is 23.5. The van der Waals surface area contributed by atoms with Crippen LogP contribution in [-0.2, 0) is 14.8 Å². The van der Waals surface area contributed by atoms with Gasteiger partial charge in [-0.05, 0) is 116 Å². The van der Waals surface area contributed by atoms with E-state index in [-0.39, 0.29) is 28.3 Å². The number of allylic oxidation sites excluding steroid dienone is 1. The van der Waals surface area contributed by atoms with Crippen LogP contribution in [0.1, 0.15) is 74.7 Å². The fourth-order valence-corrected chi connectivity index (χ4v) is 10.2. The average molecular weight is 910 g/mol. The second-order valence-corrected chi connectivity index (χ2v) is 20.0. The molecule has 1 saturated carbocycles. The van der Waals surface area contributed by atoms with Crippen LogP contribution in [0, 0.1) is 27.4 Å². The van der Waals surface area contributed by atoms with Gasteiger partial charge in [0.25, 0.3) is 21.6 Å². The highest BCUT2D eigenvalue weighted by atomic mass is 35.5. The van der Waals surface area contributed by atoms with E-state index in [0.29, 0.717) is 56.7 Å². The second kappa shape index (κ2) is 18.6. The number of nitro groups is 1. The van der Waals surface area contributed by atoms with Crippen LogP contribution in [0.15, 0.2) is 95.7 Å². The topological polar surface area (TPSA) is 200 Å². The minimum absolute atomic E-state index is 0.0626. The Morgan fingerprint density at radius 2 is 1.75 bits per heavy atom. The summed E-state index contributed by atoms with van der Waals surface area (Å²) in [5.41, 5.74) is 5.31. The molecule has 1 aliphatic heterocycles. The lowest BCUT2D eigenvalue weighted by Gasteiger charge is -2.39. The molecule has 8 rings (SSSR count). The molecule has 5 aromatic rings. The van der Waals surface area contributed by atoms with Gasteiger partial charge in [-0.3, -0.25) is 24.6 Å². The van der Waals surface area contributed by atoms with Gasteiger partial charge >= 0.3 is 5.97 Å². The maximum atomic E-state index is 13.9. The van der Waals surface area contributed by atoms with Crippen molar-refractivity contribution >= 4 is 67.2 Å². The van der Waals surface area contributed by atoms with Gasteiger partial charge in [0.2, 0.25) is 0 Å². The predicted octanol–water partition coefficient (Wildman–Crippen LogP) is 9.12. The molecule has 0 bridgehead atoms. The molecule has 0 spiro atoms. The molecule has 1 amide bonds. The molecule has 17 heteroatoms. The number of H-pyrrole nitrogens is 1. The first-order chi connectivity index (χ1) is 30.6. The smallest absolute Gasteiger partial charge is 0.306 e. The summed E-state index contributed by atoms with van der Waals surface area (Å²) in [5, 5.41) is 26.0. The number of anilines is 2. The number of nitro benzene ring substituents is 1. The molecule has 336 valence electrons. The van der Waals surface area contributed by atoms with Crippen molar-refractivity contribution in [2.24, 2.45) is 17.3 Å². The van der Waals surface area contributed by atoms with E-state index in [2.05, 4.69) is 55.8 Å². The molecule has 2 fully saturated rings. The summed E-state index contributed by atoms with van der Waals surface area (Å²) in [6.07, 6.45) is 8.78. The van der Waals surface area contributed by atoms with Gasteiger partial charge in [-0.15, -0.1) is 0 Å². The molecular formula is C47H52ClN7O8S. The van der Waals surface area contributed by atoms with Gasteiger partial charge in [0.15, 0.2) is 0 Å². The van der Waals surface area contributed by atoms with Gasteiger partial charge in [0.1, 0.15) is 22.8 Å². The number of halogens is 1. The summed E-state index contributed by atoms with van der Waals surface area (Å²) in [6, 6.07) is 20.2. The molecule has 3 heterocycles. The molecule has 2 aromatic heterocycles. The Balaban J connectivity index is 0.987. The van der Waals surface area contributed by atoms with Crippen LogP contribution in [0.25, 0.3) is 16.6 Å². The number of carbonyl (C=O) groups is 2. The Morgan fingerprint density at radius 1 is 1.00 bits per heavy atom. The van der Waals surface area contributed by atoms with Gasteiger partial charge < -0.3 is 25.0 Å². The summed E-state index contributed by atoms with van der Waals surface area (Å²) in [4.78, 5) is 48.4. The zero-order valence-corrected chi connectivity index (χ0v) is 37.4. The Morgan fingerprint density at radius 3 is 2.47 bits per heavy atom. The van der Waals surface area contributed by atoms with Crippen molar-refractivity contribution in [1.29, 1.82) is 0 Å². The van der Waals surface area contributed by atoms with E-state index in [4.69, 9.17) is 16.3 Å². The number of aromatic amines is 1. The van der Waals surface area contributed by atoms with E-state index < -0.39 is 43.3 Å². The number of sulfonamides is 1. The third-order valence-electron chi connectivity index (χ3n) is 12.8. The molecule has 0 radical (unpaired) electrons. The molecule has 3 aliphatic rings. The minimum atomic E-state index is -4.61. The van der Waals surface area contributed by atoms with Crippen LogP contribution < -0.4 is 19.7 Å². The quantitative estimate of drug-likeness (QED) is 0.0609. The van der Waals surface area contributed by atoms with Crippen molar-refractivity contribution in [3.63, 3.8) is 0 Å². The van der Waals surface area contributed by atoms with Crippen molar-refractivity contribution in [2.45, 2.75) is 63.7 Å². The number of pyridine rings is 1. The van der Waals surface area contributed by atoms with Crippen molar-refractivity contribution in [3.8, 4) is 11.5 Å². The zero-order chi connectivity index (χ0) is 45.2. The Labute approximate surface area is 377 Å². The molecule has 64 heavy (non-hydrogen) atoms. The summed E-state index contributed by atoms with van der Waals surface area (Å²) < 4.78 is 35.8. The van der Waals surface area contributed by atoms with Gasteiger partial charge in [-0.2, -0.15) is 0 Å². The normalized spacial score (nSPS) is 19.3. The fraction of sp³-hybridized carbons (Fsp3) is 0.383. The summed E-state index contributed by atoms with van der Waals surface area (Å²) in [6.45, 7) is 8.91. The maximum absolute atomic E-state index is 13.9. The Bertz CT molecular complexity index is 2700. The third-order valence-corrected chi connectivity index (χ3v) is 14.4. The van der Waals surface area contributed by atoms with E-state index in [0.717, 1.165) is 61.1 Å². The first-order valence-electron chi connectivity index (χ1n) is 21.6. The number of nitrogens with zero attached hydrogens (tertiary/aromatic N) is 4. The lowest BCUT2D eigenvalue weighted by atomic mass is 9.72. The largest absolute Gasteiger partial charge is 0.481 e. The highest BCUT2D eigenvalue weighted by molar-refractivity contribution is 7.90. The molecule has 4 N–H and O–H groups in total. The lowest BCUT2D eigenvalue weighted by molar-refractivity contribution is -0.384. The highest BCUT2D eigenvalue weighted by Gasteiger charge is 2.31. The number of carbonyl (C=O) groups excluding carboxylic acids is 1.